The van der Waals surface area contributed by atoms with Crippen LogP contribution in [0.2, 0.25) is 0 Å². The Labute approximate surface area is 184 Å². The number of carbonyl (C=O) groups is 1. The molecule has 0 atom stereocenters. The van der Waals surface area contributed by atoms with Gasteiger partial charge in [0.15, 0.2) is 0 Å². The summed E-state index contributed by atoms with van der Waals surface area (Å²) in [7, 11) is 0. The van der Waals surface area contributed by atoms with Gasteiger partial charge in [0.25, 0.3) is 5.91 Å². The van der Waals surface area contributed by atoms with Crippen molar-refractivity contribution in [1.82, 2.24) is 19.7 Å². The van der Waals surface area contributed by atoms with E-state index in [1.54, 1.807) is 35.1 Å². The SMILES string of the molecule is O=C(NC1CCC(Nc2cc(C(F)(F)F)nc(C(F)(F)F)c2)CC1)c1ccc2nccn2c1. The van der Waals surface area contributed by atoms with E-state index in [2.05, 4.69) is 20.6 Å². The molecule has 3 aromatic rings. The maximum atomic E-state index is 13.0. The van der Waals surface area contributed by atoms with Crippen molar-refractivity contribution in [2.24, 2.45) is 0 Å². The molecule has 1 saturated carbocycles. The Morgan fingerprint density at radius 1 is 0.939 bits per heavy atom. The summed E-state index contributed by atoms with van der Waals surface area (Å²) in [5, 5.41) is 5.69. The molecule has 0 unspecified atom stereocenters. The quantitative estimate of drug-likeness (QED) is 0.530. The molecule has 33 heavy (non-hydrogen) atoms. The maximum Gasteiger partial charge on any atom is 0.433 e. The summed E-state index contributed by atoms with van der Waals surface area (Å²) in [5.74, 6) is -0.263. The lowest BCUT2D eigenvalue weighted by Gasteiger charge is -2.30. The monoisotopic (exact) mass is 471 g/mol. The summed E-state index contributed by atoms with van der Waals surface area (Å²) in [4.78, 5) is 19.4. The van der Waals surface area contributed by atoms with Gasteiger partial charge < -0.3 is 15.0 Å². The van der Waals surface area contributed by atoms with Crippen LogP contribution in [-0.2, 0) is 12.4 Å². The van der Waals surface area contributed by atoms with Crippen LogP contribution >= 0.6 is 0 Å². The van der Waals surface area contributed by atoms with Gasteiger partial charge in [-0.15, -0.1) is 0 Å². The van der Waals surface area contributed by atoms with Crippen LogP contribution in [0.1, 0.15) is 47.4 Å². The van der Waals surface area contributed by atoms with Crippen LogP contribution < -0.4 is 10.6 Å². The van der Waals surface area contributed by atoms with Crippen molar-refractivity contribution < 1.29 is 31.1 Å². The Hall–Kier alpha value is -3.31. The Balaban J connectivity index is 1.37. The van der Waals surface area contributed by atoms with Crippen molar-refractivity contribution in [1.29, 1.82) is 0 Å². The predicted molar refractivity (Wildman–Crippen MR) is 107 cm³/mol. The number of hydrogen-bond acceptors (Lipinski definition) is 4. The van der Waals surface area contributed by atoms with E-state index in [4.69, 9.17) is 0 Å². The minimum absolute atomic E-state index is 0.150. The van der Waals surface area contributed by atoms with Gasteiger partial charge >= 0.3 is 12.4 Å². The van der Waals surface area contributed by atoms with Gasteiger partial charge in [0, 0.05) is 36.4 Å². The molecule has 1 fully saturated rings. The first kappa shape index (κ1) is 22.9. The normalized spacial score (nSPS) is 19.5. The van der Waals surface area contributed by atoms with Gasteiger partial charge in [-0.2, -0.15) is 26.3 Å². The molecular weight excluding hydrogens is 452 g/mol. The second-order valence-electron chi connectivity index (χ2n) is 7.90. The summed E-state index contributed by atoms with van der Waals surface area (Å²) >= 11 is 0. The molecule has 0 aromatic carbocycles. The first-order valence-corrected chi connectivity index (χ1v) is 10.2. The topological polar surface area (TPSA) is 71.3 Å². The molecule has 0 saturated heterocycles. The van der Waals surface area contributed by atoms with Crippen LogP contribution in [0.4, 0.5) is 32.0 Å². The number of carbonyl (C=O) groups excluding carboxylic acids is 1. The zero-order valence-corrected chi connectivity index (χ0v) is 17.0. The molecule has 1 aliphatic carbocycles. The number of anilines is 1. The average Bonchev–Trinajstić information content (AvgIpc) is 3.21. The number of aromatic nitrogens is 3. The molecule has 0 aliphatic heterocycles. The minimum atomic E-state index is -5.00. The zero-order chi connectivity index (χ0) is 23.8. The van der Waals surface area contributed by atoms with Crippen molar-refractivity contribution >= 4 is 17.2 Å². The molecule has 1 amide bonds. The molecule has 176 valence electrons. The van der Waals surface area contributed by atoms with E-state index in [9.17, 15) is 31.1 Å². The highest BCUT2D eigenvalue weighted by Gasteiger charge is 2.39. The molecule has 12 heteroatoms. The number of hydrogen-bond donors (Lipinski definition) is 2. The average molecular weight is 471 g/mol. The van der Waals surface area contributed by atoms with E-state index in [1.165, 1.54) is 0 Å². The number of rotatable bonds is 4. The first-order valence-electron chi connectivity index (χ1n) is 10.2. The molecule has 3 aromatic heterocycles. The van der Waals surface area contributed by atoms with E-state index < -0.39 is 23.7 Å². The van der Waals surface area contributed by atoms with Gasteiger partial charge in [-0.3, -0.25) is 4.79 Å². The summed E-state index contributed by atoms with van der Waals surface area (Å²) < 4.78 is 79.7. The lowest BCUT2D eigenvalue weighted by molar-refractivity contribution is -0.150. The van der Waals surface area contributed by atoms with Crippen LogP contribution in [-0.4, -0.2) is 32.4 Å². The fraction of sp³-hybridized carbons (Fsp3) is 0.381. The van der Waals surface area contributed by atoms with E-state index in [0.717, 1.165) is 0 Å². The summed E-state index contributed by atoms with van der Waals surface area (Å²) in [6.07, 6.45) is -3.02. The molecule has 6 nitrogen and oxygen atoms in total. The number of amides is 1. The Morgan fingerprint density at radius 2 is 1.55 bits per heavy atom. The second-order valence-corrected chi connectivity index (χ2v) is 7.90. The van der Waals surface area contributed by atoms with E-state index in [-0.39, 0.29) is 23.7 Å². The van der Waals surface area contributed by atoms with Gasteiger partial charge in [-0.1, -0.05) is 0 Å². The lowest BCUT2D eigenvalue weighted by Crippen LogP contribution is -2.40. The predicted octanol–water partition coefficient (Wildman–Crippen LogP) is 4.92. The summed E-state index contributed by atoms with van der Waals surface area (Å²) in [6.45, 7) is 0. The third-order valence-electron chi connectivity index (χ3n) is 5.49. The van der Waals surface area contributed by atoms with Crippen LogP contribution in [0.5, 0.6) is 0 Å². The number of halogens is 6. The van der Waals surface area contributed by atoms with Crippen LogP contribution in [0.3, 0.4) is 0 Å². The highest BCUT2D eigenvalue weighted by Crippen LogP contribution is 2.35. The Morgan fingerprint density at radius 3 is 2.15 bits per heavy atom. The second kappa shape index (κ2) is 8.56. The lowest BCUT2D eigenvalue weighted by atomic mass is 9.90. The largest absolute Gasteiger partial charge is 0.433 e. The zero-order valence-electron chi connectivity index (χ0n) is 17.0. The van der Waals surface area contributed by atoms with Crippen molar-refractivity contribution in [2.75, 3.05) is 5.32 Å². The number of fused-ring (bicyclic) bond motifs is 1. The molecule has 0 radical (unpaired) electrons. The van der Waals surface area contributed by atoms with E-state index >= 15 is 0 Å². The first-order chi connectivity index (χ1) is 15.5. The van der Waals surface area contributed by atoms with Crippen LogP contribution in [0.25, 0.3) is 5.65 Å². The van der Waals surface area contributed by atoms with E-state index in [0.29, 0.717) is 49.0 Å². The van der Waals surface area contributed by atoms with E-state index in [1.807, 2.05) is 0 Å². The standard InChI is InChI=1S/C21H19F6N5O/c22-20(23,24)16-9-15(10-17(31-16)21(25,26)27)29-13-2-4-14(5-3-13)30-19(33)12-1-6-18-28-7-8-32(18)11-12/h1,6-11,13-14H,2-5H2,(H,29,31)(H,30,33). The van der Waals surface area contributed by atoms with Crippen molar-refractivity contribution in [2.45, 2.75) is 50.1 Å². The highest BCUT2D eigenvalue weighted by atomic mass is 19.4. The number of pyridine rings is 2. The molecule has 0 spiro atoms. The molecular formula is C21H19F6N5O. The third kappa shape index (κ3) is 5.37. The minimum Gasteiger partial charge on any atom is -0.382 e. The third-order valence-corrected chi connectivity index (χ3v) is 5.49. The van der Waals surface area contributed by atoms with Crippen LogP contribution in [0, 0.1) is 0 Å². The van der Waals surface area contributed by atoms with Crippen molar-refractivity contribution in [3.05, 3.63) is 59.8 Å². The van der Waals surface area contributed by atoms with Crippen LogP contribution in [0.15, 0.2) is 42.9 Å². The molecule has 2 N–H and O–H groups in total. The molecule has 0 bridgehead atoms. The maximum absolute atomic E-state index is 13.0. The van der Waals surface area contributed by atoms with Gasteiger partial charge in [0.1, 0.15) is 17.0 Å². The van der Waals surface area contributed by atoms with Gasteiger partial charge in [0.2, 0.25) is 0 Å². The number of alkyl halides is 6. The Bertz CT molecular complexity index is 1120. The number of nitrogens with zero attached hydrogens (tertiary/aromatic N) is 3. The van der Waals surface area contributed by atoms with Crippen molar-refractivity contribution in [3.63, 3.8) is 0 Å². The number of nitrogens with one attached hydrogen (secondary N) is 2. The fourth-order valence-electron chi connectivity index (χ4n) is 3.85. The summed E-state index contributed by atoms with van der Waals surface area (Å²) in [5.41, 5.74) is -2.33. The van der Waals surface area contributed by atoms with Crippen molar-refractivity contribution in [3.8, 4) is 0 Å². The fourth-order valence-corrected chi connectivity index (χ4v) is 3.85. The smallest absolute Gasteiger partial charge is 0.382 e. The van der Waals surface area contributed by atoms with Gasteiger partial charge in [-0.05, 0) is 49.9 Å². The van der Waals surface area contributed by atoms with Gasteiger partial charge in [0.05, 0.1) is 5.56 Å². The highest BCUT2D eigenvalue weighted by molar-refractivity contribution is 5.94. The molecule has 4 rings (SSSR count). The molecule has 3 heterocycles. The molecule has 1 aliphatic rings. The van der Waals surface area contributed by atoms with Gasteiger partial charge in [-0.25, -0.2) is 9.97 Å². The Kier molecular flexibility index (Phi) is 5.93. The number of imidazole rings is 1. The summed E-state index contributed by atoms with van der Waals surface area (Å²) in [6, 6.07) is 4.05.